The first-order valence-corrected chi connectivity index (χ1v) is 6.09. The highest BCUT2D eigenvalue weighted by Gasteiger charge is 2.41. The monoisotopic (exact) mass is 275 g/mol. The summed E-state index contributed by atoms with van der Waals surface area (Å²) in [5, 5.41) is 10.5. The van der Waals surface area contributed by atoms with E-state index in [1.165, 1.54) is 18.2 Å². The molecule has 0 unspecified atom stereocenters. The summed E-state index contributed by atoms with van der Waals surface area (Å²) in [7, 11) is 0. The molecule has 1 atom stereocenters. The molecule has 20 heavy (non-hydrogen) atoms. The number of carbonyl (C=O) groups excluding carboxylic acids is 2. The van der Waals surface area contributed by atoms with Crippen molar-refractivity contribution < 1.29 is 19.2 Å². The maximum Gasteiger partial charge on any atom is 0.306 e. The lowest BCUT2D eigenvalue weighted by atomic mass is 9.96. The predicted octanol–water partition coefficient (Wildman–Crippen LogP) is 2.27. The second kappa shape index (κ2) is 5.24. The van der Waals surface area contributed by atoms with Crippen LogP contribution >= 0.6 is 0 Å². The molecular formula is C14H13NO5. The normalized spacial score (nSPS) is 21.9. The highest BCUT2D eigenvalue weighted by Crippen LogP contribution is 2.27. The Kier molecular flexibility index (Phi) is 3.65. The Bertz CT molecular complexity index is 590. The molecule has 1 heterocycles. The Morgan fingerprint density at radius 1 is 1.40 bits per heavy atom. The van der Waals surface area contributed by atoms with Gasteiger partial charge in [0.1, 0.15) is 0 Å². The number of nitro groups is 1. The van der Waals surface area contributed by atoms with Crippen LogP contribution in [-0.2, 0) is 14.3 Å². The van der Waals surface area contributed by atoms with Gasteiger partial charge in [0.05, 0.1) is 4.92 Å². The van der Waals surface area contributed by atoms with Crippen molar-refractivity contribution >= 4 is 23.5 Å². The van der Waals surface area contributed by atoms with Crippen molar-refractivity contribution in [2.45, 2.75) is 25.4 Å². The maximum absolute atomic E-state index is 12.0. The molecule has 6 nitrogen and oxygen atoms in total. The molecule has 0 amide bonds. The van der Waals surface area contributed by atoms with Gasteiger partial charge in [-0.3, -0.25) is 19.7 Å². The molecule has 0 spiro atoms. The van der Waals surface area contributed by atoms with Crippen LogP contribution in [-0.4, -0.2) is 22.3 Å². The Hall–Kier alpha value is -2.50. The maximum atomic E-state index is 12.0. The van der Waals surface area contributed by atoms with E-state index in [1.54, 1.807) is 25.1 Å². The summed E-state index contributed by atoms with van der Waals surface area (Å²) in [4.78, 5) is 33.1. The van der Waals surface area contributed by atoms with Crippen LogP contribution in [0.4, 0.5) is 5.69 Å². The fourth-order valence-electron chi connectivity index (χ4n) is 1.92. The smallest absolute Gasteiger partial charge is 0.306 e. The van der Waals surface area contributed by atoms with E-state index in [2.05, 4.69) is 0 Å². The number of nitrogens with zero attached hydrogens (tertiary/aromatic N) is 1. The zero-order valence-electron chi connectivity index (χ0n) is 10.9. The molecule has 0 aliphatic carbocycles. The average molecular weight is 275 g/mol. The summed E-state index contributed by atoms with van der Waals surface area (Å²) in [6, 6.07) is 5.82. The molecule has 1 aliphatic heterocycles. The van der Waals surface area contributed by atoms with E-state index < -0.39 is 10.5 Å². The summed E-state index contributed by atoms with van der Waals surface area (Å²) >= 11 is 0. The predicted molar refractivity (Wildman–Crippen MR) is 70.9 cm³/mol. The van der Waals surface area contributed by atoms with Crippen molar-refractivity contribution in [3.63, 3.8) is 0 Å². The summed E-state index contributed by atoms with van der Waals surface area (Å²) in [5.74, 6) is -0.661. The Balaban J connectivity index is 2.07. The van der Waals surface area contributed by atoms with E-state index in [-0.39, 0.29) is 23.9 Å². The Morgan fingerprint density at radius 2 is 2.05 bits per heavy atom. The molecule has 6 heteroatoms. The molecule has 1 fully saturated rings. The zero-order chi connectivity index (χ0) is 14.8. The molecule has 104 valence electrons. The van der Waals surface area contributed by atoms with Gasteiger partial charge < -0.3 is 4.74 Å². The standard InChI is InChI=1S/C14H13NO5/c1-14(9-8-13(17)20-14)12(16)7-4-10-2-5-11(6-3-10)15(18)19/h2-7H,8-9H2,1H3/b7-4-/t14-/m1/s1. The minimum absolute atomic E-state index is 0.00911. The average Bonchev–Trinajstić information content (AvgIpc) is 2.77. The summed E-state index contributed by atoms with van der Waals surface area (Å²) in [6.45, 7) is 1.58. The van der Waals surface area contributed by atoms with Crippen LogP contribution in [0.25, 0.3) is 6.08 Å². The van der Waals surface area contributed by atoms with Gasteiger partial charge in [0.15, 0.2) is 11.4 Å². The largest absolute Gasteiger partial charge is 0.451 e. The topological polar surface area (TPSA) is 86.5 Å². The van der Waals surface area contributed by atoms with Crippen molar-refractivity contribution in [3.8, 4) is 0 Å². The van der Waals surface area contributed by atoms with Crippen LogP contribution in [0.5, 0.6) is 0 Å². The van der Waals surface area contributed by atoms with Gasteiger partial charge in [-0.25, -0.2) is 0 Å². The molecule has 2 rings (SSSR count). The summed E-state index contributed by atoms with van der Waals surface area (Å²) in [5.41, 5.74) is -0.434. The van der Waals surface area contributed by atoms with Crippen LogP contribution in [0.15, 0.2) is 30.3 Å². The van der Waals surface area contributed by atoms with Gasteiger partial charge >= 0.3 is 5.97 Å². The van der Waals surface area contributed by atoms with Gasteiger partial charge in [0.25, 0.3) is 5.69 Å². The van der Waals surface area contributed by atoms with Gasteiger partial charge in [0, 0.05) is 25.0 Å². The first-order valence-electron chi connectivity index (χ1n) is 6.09. The molecule has 0 saturated carbocycles. The van der Waals surface area contributed by atoms with Gasteiger partial charge in [-0.15, -0.1) is 0 Å². The van der Waals surface area contributed by atoms with E-state index in [1.807, 2.05) is 0 Å². The number of esters is 1. The quantitative estimate of drug-likeness (QED) is 0.364. The van der Waals surface area contributed by atoms with Crippen molar-refractivity contribution in [2.75, 3.05) is 0 Å². The van der Waals surface area contributed by atoms with Gasteiger partial charge in [0.2, 0.25) is 0 Å². The Morgan fingerprint density at radius 3 is 2.55 bits per heavy atom. The third-order valence-corrected chi connectivity index (χ3v) is 3.20. The number of nitro benzene ring substituents is 1. The van der Waals surface area contributed by atoms with E-state index >= 15 is 0 Å². The molecule has 1 aliphatic rings. The molecule has 1 aromatic carbocycles. The third kappa shape index (κ3) is 2.90. The fourth-order valence-corrected chi connectivity index (χ4v) is 1.92. The number of ketones is 1. The fraction of sp³-hybridized carbons (Fsp3) is 0.286. The van der Waals surface area contributed by atoms with Gasteiger partial charge in [-0.05, 0) is 30.7 Å². The number of benzene rings is 1. The minimum Gasteiger partial charge on any atom is -0.451 e. The van der Waals surface area contributed by atoms with Gasteiger partial charge in [-0.1, -0.05) is 6.08 Å². The van der Waals surface area contributed by atoms with Crippen molar-refractivity contribution in [2.24, 2.45) is 0 Å². The number of cyclic esters (lactones) is 1. The first-order chi connectivity index (χ1) is 9.40. The molecule has 0 aromatic heterocycles. The second-order valence-electron chi connectivity index (χ2n) is 4.75. The number of ether oxygens (including phenoxy) is 1. The number of carbonyl (C=O) groups is 2. The third-order valence-electron chi connectivity index (χ3n) is 3.20. The Labute approximate surface area is 115 Å². The lowest BCUT2D eigenvalue weighted by Crippen LogP contribution is -2.33. The molecule has 0 radical (unpaired) electrons. The number of hydrogen-bond acceptors (Lipinski definition) is 5. The minimum atomic E-state index is -1.09. The second-order valence-corrected chi connectivity index (χ2v) is 4.75. The van der Waals surface area contributed by atoms with Crippen LogP contribution in [0.3, 0.4) is 0 Å². The van der Waals surface area contributed by atoms with Crippen molar-refractivity contribution in [1.82, 2.24) is 0 Å². The highest BCUT2D eigenvalue weighted by molar-refractivity contribution is 6.02. The molecular weight excluding hydrogens is 262 g/mol. The summed E-state index contributed by atoms with van der Waals surface area (Å²) in [6.07, 6.45) is 3.49. The van der Waals surface area contributed by atoms with Crippen LogP contribution in [0.1, 0.15) is 25.3 Å². The molecule has 1 saturated heterocycles. The zero-order valence-corrected chi connectivity index (χ0v) is 10.9. The molecule has 1 aromatic rings. The van der Waals surface area contributed by atoms with E-state index in [4.69, 9.17) is 4.74 Å². The van der Waals surface area contributed by atoms with Crippen molar-refractivity contribution in [1.29, 1.82) is 0 Å². The molecule has 0 bridgehead atoms. The summed E-state index contributed by atoms with van der Waals surface area (Å²) < 4.78 is 5.02. The number of non-ortho nitro benzene ring substituents is 1. The van der Waals surface area contributed by atoms with Crippen LogP contribution in [0.2, 0.25) is 0 Å². The van der Waals surface area contributed by atoms with Gasteiger partial charge in [-0.2, -0.15) is 0 Å². The van der Waals surface area contributed by atoms with E-state index in [0.717, 1.165) is 0 Å². The SMILES string of the molecule is C[C@]1(C(=O)/C=C\c2ccc([N+](=O)[O-])cc2)CCC(=O)O1. The highest BCUT2D eigenvalue weighted by atomic mass is 16.6. The number of rotatable bonds is 4. The molecule has 0 N–H and O–H groups in total. The lowest BCUT2D eigenvalue weighted by Gasteiger charge is -2.18. The number of hydrogen-bond donors (Lipinski definition) is 0. The lowest BCUT2D eigenvalue weighted by molar-refractivity contribution is -0.384. The first kappa shape index (κ1) is 13.9. The van der Waals surface area contributed by atoms with Crippen LogP contribution < -0.4 is 0 Å². The van der Waals surface area contributed by atoms with E-state index in [9.17, 15) is 19.7 Å². The van der Waals surface area contributed by atoms with E-state index in [0.29, 0.717) is 12.0 Å². The van der Waals surface area contributed by atoms with Crippen molar-refractivity contribution in [3.05, 3.63) is 46.0 Å². The van der Waals surface area contributed by atoms with Crippen LogP contribution in [0, 0.1) is 10.1 Å².